The number of fused-ring (bicyclic) bond motifs is 15. The first kappa shape index (κ1) is 72.2. The number of pyridine rings is 15. The van der Waals surface area contributed by atoms with Crippen molar-refractivity contribution < 1.29 is 0 Å². The third kappa shape index (κ3) is 13.8. The van der Waals surface area contributed by atoms with Crippen LogP contribution in [0.4, 0.5) is 0 Å². The molecule has 24 aromatic rings. The van der Waals surface area contributed by atoms with Crippen LogP contribution in [0.2, 0.25) is 0 Å². The zero-order valence-corrected chi connectivity index (χ0v) is 65.7. The van der Waals surface area contributed by atoms with Crippen molar-refractivity contribution in [1.29, 1.82) is 0 Å². The van der Waals surface area contributed by atoms with Gasteiger partial charge in [0.15, 0.2) is 16.9 Å². The van der Waals surface area contributed by atoms with Gasteiger partial charge in [-0.05, 0) is 197 Å². The average molecular weight is 1580 g/mol. The molecule has 6 aromatic carbocycles. The monoisotopic (exact) mass is 1580 g/mol. The first-order valence-corrected chi connectivity index (χ1v) is 40.3. The Hall–Kier alpha value is -17.3. The molecular formula is C105H66N18. The van der Waals surface area contributed by atoms with Crippen LogP contribution in [0.15, 0.2) is 402 Å². The van der Waals surface area contributed by atoms with Gasteiger partial charge in [-0.15, -0.1) is 0 Å². The van der Waals surface area contributed by atoms with Crippen LogP contribution < -0.4 is 0 Å². The molecule has 0 saturated carbocycles. The van der Waals surface area contributed by atoms with Gasteiger partial charge in [-0.2, -0.15) is 0 Å². The molecule has 18 nitrogen and oxygen atoms in total. The Bertz CT molecular complexity index is 7200. The van der Waals surface area contributed by atoms with Crippen LogP contribution in [0.5, 0.6) is 0 Å². The molecule has 0 amide bonds. The molecule has 0 spiro atoms. The van der Waals surface area contributed by atoms with Gasteiger partial charge >= 0.3 is 0 Å². The van der Waals surface area contributed by atoms with Crippen molar-refractivity contribution in [3.63, 3.8) is 0 Å². The van der Waals surface area contributed by atoms with Crippen LogP contribution in [-0.4, -0.2) is 88.0 Å². The minimum absolute atomic E-state index is 0.796. The van der Waals surface area contributed by atoms with E-state index in [2.05, 4.69) is 225 Å². The summed E-state index contributed by atoms with van der Waals surface area (Å²) in [5, 5.41) is 6.47. The molecule has 0 atom stereocenters. The molecule has 0 aliphatic carbocycles. The average Bonchev–Trinajstić information content (AvgIpc) is 1.64. The Morgan fingerprint density at radius 3 is 0.821 bits per heavy atom. The van der Waals surface area contributed by atoms with Gasteiger partial charge in [-0.3, -0.25) is 43.1 Å². The van der Waals surface area contributed by atoms with Crippen molar-refractivity contribution in [1.82, 2.24) is 88.0 Å². The summed E-state index contributed by atoms with van der Waals surface area (Å²) in [5.74, 6) is 0. The molecule has 18 aromatic heterocycles. The molecule has 0 aliphatic rings. The maximum absolute atomic E-state index is 5.20. The number of rotatable bonds is 12. The third-order valence-corrected chi connectivity index (χ3v) is 22.1. The van der Waals surface area contributed by atoms with Crippen LogP contribution in [0.25, 0.3) is 218 Å². The second-order valence-corrected chi connectivity index (χ2v) is 29.7. The van der Waals surface area contributed by atoms with E-state index < -0.39 is 0 Å². The number of benzene rings is 6. The lowest BCUT2D eigenvalue weighted by Crippen LogP contribution is -1.94. The van der Waals surface area contributed by atoms with Crippen LogP contribution in [0, 0.1) is 0 Å². The van der Waals surface area contributed by atoms with E-state index >= 15 is 0 Å². The highest BCUT2D eigenvalue weighted by Crippen LogP contribution is 2.42. The van der Waals surface area contributed by atoms with Gasteiger partial charge in [0.25, 0.3) is 0 Å². The van der Waals surface area contributed by atoms with Crippen molar-refractivity contribution >= 4 is 82.8 Å². The summed E-state index contributed by atoms with van der Waals surface area (Å²) in [6, 6.07) is 109. The Morgan fingerprint density at radius 1 is 0.171 bits per heavy atom. The lowest BCUT2D eigenvalue weighted by Gasteiger charge is -2.12. The second kappa shape index (κ2) is 31.3. The molecule has 24 rings (SSSR count). The number of hydrogen-bond donors (Lipinski definition) is 0. The van der Waals surface area contributed by atoms with E-state index in [4.69, 9.17) is 44.9 Å². The minimum atomic E-state index is 0.796. The van der Waals surface area contributed by atoms with Crippen molar-refractivity contribution in [2.75, 3.05) is 0 Å². The van der Waals surface area contributed by atoms with Crippen LogP contribution in [0.3, 0.4) is 0 Å². The van der Waals surface area contributed by atoms with Crippen LogP contribution >= 0.6 is 0 Å². The van der Waals surface area contributed by atoms with Crippen LogP contribution in [-0.2, 0) is 0 Å². The second-order valence-electron chi connectivity index (χ2n) is 29.7. The van der Waals surface area contributed by atoms with E-state index in [1.165, 1.54) is 0 Å². The number of imidazole rings is 3. The topological polar surface area (TPSA) is 207 Å². The molecule has 18 heteroatoms. The highest BCUT2D eigenvalue weighted by molar-refractivity contribution is 6.12. The van der Waals surface area contributed by atoms with Gasteiger partial charge in [-0.1, -0.05) is 158 Å². The van der Waals surface area contributed by atoms with Gasteiger partial charge in [0.05, 0.1) is 62.6 Å². The summed E-state index contributed by atoms with van der Waals surface area (Å²) >= 11 is 0. The summed E-state index contributed by atoms with van der Waals surface area (Å²) in [4.78, 5) is 71.4. The molecule has 0 fully saturated rings. The van der Waals surface area contributed by atoms with E-state index in [9.17, 15) is 0 Å². The first-order chi connectivity index (χ1) is 60.9. The fourth-order valence-electron chi connectivity index (χ4n) is 16.2. The molecule has 18 heterocycles. The van der Waals surface area contributed by atoms with E-state index in [1.807, 2.05) is 171 Å². The smallest absolute Gasteiger partial charge is 0.165 e. The van der Waals surface area contributed by atoms with E-state index in [-0.39, 0.29) is 0 Å². The van der Waals surface area contributed by atoms with Gasteiger partial charge < -0.3 is 0 Å². The Kier molecular flexibility index (Phi) is 18.4. The molecule has 123 heavy (non-hydrogen) atoms. The Labute approximate surface area is 703 Å². The lowest BCUT2D eigenvalue weighted by molar-refractivity contribution is 1.19. The van der Waals surface area contributed by atoms with Crippen molar-refractivity contribution in [3.05, 3.63) is 402 Å². The zero-order valence-electron chi connectivity index (χ0n) is 65.7. The zero-order chi connectivity index (χ0) is 81.5. The van der Waals surface area contributed by atoms with Gasteiger partial charge in [0.1, 0.15) is 33.5 Å². The van der Waals surface area contributed by atoms with Crippen molar-refractivity contribution in [2.45, 2.75) is 0 Å². The van der Waals surface area contributed by atoms with E-state index in [0.717, 1.165) is 218 Å². The van der Waals surface area contributed by atoms with E-state index in [0.29, 0.717) is 0 Å². The van der Waals surface area contributed by atoms with Gasteiger partial charge in [0.2, 0.25) is 0 Å². The van der Waals surface area contributed by atoms with Gasteiger partial charge in [0, 0.05) is 152 Å². The predicted octanol–water partition coefficient (Wildman–Crippen LogP) is 23.7. The van der Waals surface area contributed by atoms with Crippen molar-refractivity contribution in [3.8, 4) is 135 Å². The summed E-state index contributed by atoms with van der Waals surface area (Å²) in [6.07, 6.45) is 24.0. The molecule has 0 unspecified atom stereocenters. The predicted molar refractivity (Wildman–Crippen MR) is 489 cm³/mol. The van der Waals surface area contributed by atoms with Crippen LogP contribution in [0.1, 0.15) is 0 Å². The molecule has 0 aliphatic heterocycles. The first-order valence-electron chi connectivity index (χ1n) is 40.3. The summed E-state index contributed by atoms with van der Waals surface area (Å²) in [7, 11) is 0. The largest absolute Gasteiger partial charge is 0.284 e. The SMILES string of the molecule is c1cc(-c2cc(-c3ccncc3)nc(-c3ccncc3)c2)cc(-c2nc3c(nc4ccccn43)c3ccccc23)c1.c1ccc(-c2cc(-c3cccc(-c4nc5c(nc6ccccn65)c5ccccc45)c3)cc(-c3ccccn3)n2)nc1.c1cncc(-c2cc(-c3cccc(-c4nc5c(nc6ccccn65)c5ccccc45)c3)cc(-c3cccnc3)n2)c1. The molecule has 0 bridgehead atoms. The number of aromatic nitrogens is 18. The Morgan fingerprint density at radius 2 is 0.480 bits per heavy atom. The maximum atomic E-state index is 5.20. The van der Waals surface area contributed by atoms with E-state index in [1.54, 1.807) is 49.6 Å². The normalized spacial score (nSPS) is 11.4. The summed E-state index contributed by atoms with van der Waals surface area (Å²) in [5.41, 5.74) is 30.8. The molecular weight excluding hydrogens is 1510 g/mol. The molecule has 576 valence electrons. The molecule has 0 saturated heterocycles. The van der Waals surface area contributed by atoms with Gasteiger partial charge in [-0.25, -0.2) is 44.9 Å². The quantitative estimate of drug-likeness (QED) is 0.111. The number of hydrogen-bond acceptors (Lipinski definition) is 15. The summed E-state index contributed by atoms with van der Waals surface area (Å²) < 4.78 is 6.16. The minimum Gasteiger partial charge on any atom is -0.284 e. The molecule has 0 N–H and O–H groups in total. The number of nitrogens with zero attached hydrogens (tertiary/aromatic N) is 18. The standard InChI is InChI=1S/3C35H22N6/c1-2-13-27-26(12-1)33(40-35-34(27)39-32-16-5-8-19-41(32)35)24-11-9-10-23(20-24)25-21-30(28-14-3-6-17-36-28)38-31(22-25)29-15-4-7-18-37-29;1-2-13-29-28(12-1)33(40-35-34(29)39-32-14-3-4-17-41(32)35)24-9-5-8-23(18-24)27-19-30(25-10-6-15-36-21-25)38-31(20-27)26-11-7-16-37-22-26;1-2-9-29-28(8-1)33(40-35-34(29)39-32-10-3-4-19-41(32)35)26-7-5-6-25(20-26)27-21-30(23-11-15-36-16-12-23)38-31(22-27)24-13-17-37-18-14-24/h3*1-22H. The maximum Gasteiger partial charge on any atom is 0.165 e. The van der Waals surface area contributed by atoms with Crippen molar-refractivity contribution in [2.24, 2.45) is 0 Å². The highest BCUT2D eigenvalue weighted by atomic mass is 15.1. The third-order valence-electron chi connectivity index (χ3n) is 22.1. The lowest BCUT2D eigenvalue weighted by atomic mass is 9.97. The Balaban J connectivity index is 0.000000110. The fraction of sp³-hybridized carbons (Fsp3) is 0. The summed E-state index contributed by atoms with van der Waals surface area (Å²) in [6.45, 7) is 0. The highest BCUT2D eigenvalue weighted by Gasteiger charge is 2.22. The fourth-order valence-corrected chi connectivity index (χ4v) is 16.2. The molecule has 0 radical (unpaired) electrons.